The number of carbonyl (C=O) groups is 1. The first-order valence-corrected chi connectivity index (χ1v) is 6.17. The van der Waals surface area contributed by atoms with Gasteiger partial charge in [0.05, 0.1) is 12.0 Å². The molecule has 2 heterocycles. The monoisotopic (exact) mass is 249 g/mol. The van der Waals surface area contributed by atoms with Crippen molar-refractivity contribution < 1.29 is 9.90 Å². The van der Waals surface area contributed by atoms with Gasteiger partial charge in [0.2, 0.25) is 5.91 Å². The van der Waals surface area contributed by atoms with Crippen LogP contribution in [0.1, 0.15) is 24.8 Å². The summed E-state index contributed by atoms with van der Waals surface area (Å²) in [5.74, 6) is 0.383. The third-order valence-electron chi connectivity index (χ3n) is 3.28. The van der Waals surface area contributed by atoms with Crippen LogP contribution in [0.5, 0.6) is 0 Å². The van der Waals surface area contributed by atoms with E-state index in [1.165, 1.54) is 0 Å². The van der Waals surface area contributed by atoms with Crippen LogP contribution in [0.25, 0.3) is 0 Å². The molecule has 0 aliphatic carbocycles. The minimum Gasteiger partial charge on any atom is -0.388 e. The Hall–Kier alpha value is -1.62. The molecule has 3 N–H and O–H groups in total. The van der Waals surface area contributed by atoms with Gasteiger partial charge in [0.25, 0.3) is 0 Å². The highest BCUT2D eigenvalue weighted by Gasteiger charge is 2.35. The predicted molar refractivity (Wildman–Crippen MR) is 69.2 cm³/mol. The number of anilines is 1. The standard InChI is InChI=1S/C13H19N3O2/c1-10-3-5-15-12(7-10)16-6-2-4-13(18,9-16)8-11(14)17/h3,5,7,18H,2,4,6,8-9H2,1H3,(H2,14,17). The van der Waals surface area contributed by atoms with Gasteiger partial charge in [-0.1, -0.05) is 0 Å². The zero-order valence-corrected chi connectivity index (χ0v) is 10.6. The van der Waals surface area contributed by atoms with Gasteiger partial charge in [-0.05, 0) is 37.5 Å². The lowest BCUT2D eigenvalue weighted by Gasteiger charge is -2.39. The molecule has 1 aromatic rings. The first-order valence-electron chi connectivity index (χ1n) is 6.17. The highest BCUT2D eigenvalue weighted by atomic mass is 16.3. The molecule has 0 saturated carbocycles. The maximum absolute atomic E-state index is 11.0. The van der Waals surface area contributed by atoms with E-state index in [4.69, 9.17) is 5.73 Å². The van der Waals surface area contributed by atoms with E-state index in [1.807, 2.05) is 24.0 Å². The Morgan fingerprint density at radius 3 is 3.11 bits per heavy atom. The zero-order valence-electron chi connectivity index (χ0n) is 10.6. The predicted octanol–water partition coefficient (Wildman–Crippen LogP) is 0.597. The summed E-state index contributed by atoms with van der Waals surface area (Å²) in [4.78, 5) is 17.3. The van der Waals surface area contributed by atoms with Crippen molar-refractivity contribution >= 4 is 11.7 Å². The number of rotatable bonds is 3. The summed E-state index contributed by atoms with van der Waals surface area (Å²) in [5.41, 5.74) is 5.29. The molecule has 1 aliphatic heterocycles. The van der Waals surface area contributed by atoms with Crippen LogP contribution >= 0.6 is 0 Å². The number of primary amides is 1. The van der Waals surface area contributed by atoms with E-state index in [1.54, 1.807) is 6.20 Å². The Morgan fingerprint density at radius 2 is 2.44 bits per heavy atom. The van der Waals surface area contributed by atoms with Crippen LogP contribution in [0.15, 0.2) is 18.3 Å². The van der Waals surface area contributed by atoms with Crippen LogP contribution in [0.4, 0.5) is 5.82 Å². The molecule has 1 saturated heterocycles. The molecular formula is C13H19N3O2. The van der Waals surface area contributed by atoms with E-state index in [0.717, 1.165) is 24.3 Å². The number of pyridine rings is 1. The molecule has 1 atom stereocenters. The minimum atomic E-state index is -1.02. The molecule has 5 nitrogen and oxygen atoms in total. The fourth-order valence-corrected chi connectivity index (χ4v) is 2.47. The van der Waals surface area contributed by atoms with E-state index < -0.39 is 11.5 Å². The van der Waals surface area contributed by atoms with Crippen molar-refractivity contribution in [2.24, 2.45) is 5.73 Å². The van der Waals surface area contributed by atoms with Crippen LogP contribution in [0.3, 0.4) is 0 Å². The summed E-state index contributed by atoms with van der Waals surface area (Å²) < 4.78 is 0. The number of carbonyl (C=O) groups excluding carboxylic acids is 1. The number of aryl methyl sites for hydroxylation is 1. The topological polar surface area (TPSA) is 79.4 Å². The lowest BCUT2D eigenvalue weighted by molar-refractivity contribution is -0.123. The molecule has 1 aromatic heterocycles. The van der Waals surface area contributed by atoms with Crippen molar-refractivity contribution in [3.05, 3.63) is 23.9 Å². The molecule has 0 spiro atoms. The number of aromatic nitrogens is 1. The molecule has 1 amide bonds. The van der Waals surface area contributed by atoms with Gasteiger partial charge in [-0.15, -0.1) is 0 Å². The minimum absolute atomic E-state index is 0.00924. The molecule has 1 fully saturated rings. The maximum atomic E-state index is 11.0. The van der Waals surface area contributed by atoms with Gasteiger partial charge in [-0.2, -0.15) is 0 Å². The molecule has 1 unspecified atom stereocenters. The van der Waals surface area contributed by atoms with Crippen molar-refractivity contribution in [3.63, 3.8) is 0 Å². The molecular weight excluding hydrogens is 230 g/mol. The number of piperidine rings is 1. The van der Waals surface area contributed by atoms with Gasteiger partial charge >= 0.3 is 0 Å². The van der Waals surface area contributed by atoms with Crippen molar-refractivity contribution in [2.45, 2.75) is 31.8 Å². The molecule has 1 aliphatic rings. The van der Waals surface area contributed by atoms with E-state index in [2.05, 4.69) is 4.98 Å². The lowest BCUT2D eigenvalue weighted by atomic mass is 9.89. The van der Waals surface area contributed by atoms with Crippen molar-refractivity contribution in [3.8, 4) is 0 Å². The summed E-state index contributed by atoms with van der Waals surface area (Å²) in [5, 5.41) is 10.4. The Morgan fingerprint density at radius 1 is 1.67 bits per heavy atom. The molecule has 0 aromatic carbocycles. The second kappa shape index (κ2) is 4.94. The zero-order chi connectivity index (χ0) is 13.2. The number of aliphatic hydroxyl groups is 1. The second-order valence-electron chi connectivity index (χ2n) is 5.08. The van der Waals surface area contributed by atoms with Crippen LogP contribution in [-0.2, 0) is 4.79 Å². The first kappa shape index (κ1) is 12.8. The summed E-state index contributed by atoms with van der Waals surface area (Å²) in [6.07, 6.45) is 3.21. The van der Waals surface area contributed by atoms with E-state index >= 15 is 0 Å². The lowest BCUT2D eigenvalue weighted by Crippen LogP contribution is -2.50. The molecule has 0 radical (unpaired) electrons. The highest BCUT2D eigenvalue weighted by molar-refractivity contribution is 5.75. The van der Waals surface area contributed by atoms with Gasteiger partial charge < -0.3 is 15.7 Å². The van der Waals surface area contributed by atoms with Gasteiger partial charge in [-0.3, -0.25) is 4.79 Å². The number of nitrogens with zero attached hydrogens (tertiary/aromatic N) is 2. The normalized spacial score (nSPS) is 24.0. The molecule has 5 heteroatoms. The number of hydrogen-bond donors (Lipinski definition) is 2. The van der Waals surface area contributed by atoms with Crippen molar-refractivity contribution in [2.75, 3.05) is 18.0 Å². The van der Waals surface area contributed by atoms with Crippen LogP contribution in [0, 0.1) is 6.92 Å². The number of amides is 1. The summed E-state index contributed by atoms with van der Waals surface area (Å²) >= 11 is 0. The van der Waals surface area contributed by atoms with Crippen LogP contribution in [-0.4, -0.2) is 34.7 Å². The van der Waals surface area contributed by atoms with E-state index in [0.29, 0.717) is 13.0 Å². The average molecular weight is 249 g/mol. The molecule has 98 valence electrons. The van der Waals surface area contributed by atoms with Gasteiger partial charge in [0.15, 0.2) is 0 Å². The smallest absolute Gasteiger partial charge is 0.220 e. The van der Waals surface area contributed by atoms with Crippen molar-refractivity contribution in [1.29, 1.82) is 0 Å². The highest BCUT2D eigenvalue weighted by Crippen LogP contribution is 2.27. The average Bonchev–Trinajstić information content (AvgIpc) is 2.27. The SMILES string of the molecule is Cc1ccnc(N2CCCC(O)(CC(N)=O)C2)c1. The van der Waals surface area contributed by atoms with Crippen LogP contribution < -0.4 is 10.6 Å². The Kier molecular flexibility index (Phi) is 3.52. The summed E-state index contributed by atoms with van der Waals surface area (Å²) in [6.45, 7) is 3.26. The van der Waals surface area contributed by atoms with Crippen molar-refractivity contribution in [1.82, 2.24) is 4.98 Å². The van der Waals surface area contributed by atoms with Crippen LogP contribution in [0.2, 0.25) is 0 Å². The molecule has 18 heavy (non-hydrogen) atoms. The number of hydrogen-bond acceptors (Lipinski definition) is 4. The van der Waals surface area contributed by atoms with Gasteiger partial charge in [0.1, 0.15) is 5.82 Å². The van der Waals surface area contributed by atoms with Gasteiger partial charge in [0, 0.05) is 19.3 Å². The fourth-order valence-electron chi connectivity index (χ4n) is 2.47. The summed E-state index contributed by atoms with van der Waals surface area (Å²) in [7, 11) is 0. The summed E-state index contributed by atoms with van der Waals surface area (Å²) in [6, 6.07) is 3.92. The quantitative estimate of drug-likeness (QED) is 0.822. The molecule has 0 bridgehead atoms. The Labute approximate surface area is 107 Å². The second-order valence-corrected chi connectivity index (χ2v) is 5.08. The maximum Gasteiger partial charge on any atom is 0.220 e. The largest absolute Gasteiger partial charge is 0.388 e. The fraction of sp³-hybridized carbons (Fsp3) is 0.538. The number of β-amino-alcohol motifs (C(OH)–C–C–N with tert-alkyl or cyclic N) is 1. The van der Waals surface area contributed by atoms with Gasteiger partial charge in [-0.25, -0.2) is 4.98 Å². The third-order valence-corrected chi connectivity index (χ3v) is 3.28. The Bertz CT molecular complexity index is 450. The number of nitrogens with two attached hydrogens (primary N) is 1. The first-order chi connectivity index (χ1) is 8.48. The Balaban J connectivity index is 2.13. The third kappa shape index (κ3) is 2.98. The van der Waals surface area contributed by atoms with E-state index in [-0.39, 0.29) is 6.42 Å². The van der Waals surface area contributed by atoms with E-state index in [9.17, 15) is 9.90 Å². The molecule has 2 rings (SSSR count).